The van der Waals surface area contributed by atoms with Gasteiger partial charge in [-0.05, 0) is 42.5 Å². The van der Waals surface area contributed by atoms with E-state index in [2.05, 4.69) is 36.5 Å². The van der Waals surface area contributed by atoms with Gasteiger partial charge in [0, 0.05) is 21.3 Å². The van der Waals surface area contributed by atoms with Crippen LogP contribution in [0.1, 0.15) is 10.4 Å². The van der Waals surface area contributed by atoms with Crippen molar-refractivity contribution in [1.82, 2.24) is 19.8 Å². The van der Waals surface area contributed by atoms with Crippen LogP contribution < -0.4 is 5.32 Å². The molecular formula is C18H12BrN5O. The number of hydrogen-bond donors (Lipinski definition) is 1. The molecule has 0 aliphatic heterocycles. The fraction of sp³-hybridized carbons (Fsp3) is 0. The summed E-state index contributed by atoms with van der Waals surface area (Å²) in [6.07, 6.45) is 1.55. The number of benzene rings is 2. The molecule has 25 heavy (non-hydrogen) atoms. The van der Waals surface area contributed by atoms with Gasteiger partial charge in [0.2, 0.25) is 0 Å². The lowest BCUT2D eigenvalue weighted by Crippen LogP contribution is -2.11. The van der Waals surface area contributed by atoms with Gasteiger partial charge >= 0.3 is 0 Å². The average molecular weight is 394 g/mol. The van der Waals surface area contributed by atoms with Gasteiger partial charge in [-0.25, -0.2) is 0 Å². The molecule has 0 aliphatic rings. The van der Waals surface area contributed by atoms with Crippen LogP contribution in [0.2, 0.25) is 0 Å². The second kappa shape index (κ2) is 6.45. The first-order valence-electron chi connectivity index (χ1n) is 7.53. The zero-order chi connectivity index (χ0) is 17.2. The van der Waals surface area contributed by atoms with Crippen molar-refractivity contribution < 1.29 is 4.79 Å². The van der Waals surface area contributed by atoms with Gasteiger partial charge in [0.25, 0.3) is 5.91 Å². The Kier molecular flexibility index (Phi) is 3.99. The molecule has 0 atom stereocenters. The lowest BCUT2D eigenvalue weighted by atomic mass is 10.1. The van der Waals surface area contributed by atoms with E-state index >= 15 is 0 Å². The lowest BCUT2D eigenvalue weighted by molar-refractivity contribution is 0.102. The van der Waals surface area contributed by atoms with Gasteiger partial charge in [-0.2, -0.15) is 9.61 Å². The Labute approximate surface area is 151 Å². The first kappa shape index (κ1) is 15.5. The van der Waals surface area contributed by atoms with Crippen LogP contribution in [0.3, 0.4) is 0 Å². The second-order valence-corrected chi connectivity index (χ2v) is 6.31. The van der Waals surface area contributed by atoms with Crippen LogP contribution in [-0.4, -0.2) is 25.7 Å². The van der Waals surface area contributed by atoms with E-state index < -0.39 is 0 Å². The smallest absolute Gasteiger partial charge is 0.255 e. The molecule has 122 valence electrons. The van der Waals surface area contributed by atoms with Crippen molar-refractivity contribution in [3.8, 4) is 11.3 Å². The van der Waals surface area contributed by atoms with Crippen LogP contribution in [0, 0.1) is 0 Å². The summed E-state index contributed by atoms with van der Waals surface area (Å²) in [5.74, 6) is -0.166. The third-order valence-electron chi connectivity index (χ3n) is 3.66. The third-order valence-corrected chi connectivity index (χ3v) is 4.16. The van der Waals surface area contributed by atoms with Gasteiger partial charge in [0.05, 0.1) is 5.69 Å². The molecule has 0 radical (unpaired) electrons. The van der Waals surface area contributed by atoms with Gasteiger partial charge in [0.1, 0.15) is 6.33 Å². The van der Waals surface area contributed by atoms with Crippen molar-refractivity contribution in [2.45, 2.75) is 0 Å². The summed E-state index contributed by atoms with van der Waals surface area (Å²) < 4.78 is 2.47. The van der Waals surface area contributed by atoms with Crippen LogP contribution in [0.25, 0.3) is 16.9 Å². The molecule has 0 aliphatic carbocycles. The summed E-state index contributed by atoms with van der Waals surface area (Å²) >= 11 is 3.37. The van der Waals surface area contributed by atoms with E-state index in [1.165, 1.54) is 0 Å². The number of halogens is 1. The van der Waals surface area contributed by atoms with Crippen LogP contribution >= 0.6 is 15.9 Å². The number of nitrogens with one attached hydrogen (secondary N) is 1. The number of rotatable bonds is 3. The zero-order valence-corrected chi connectivity index (χ0v) is 14.5. The van der Waals surface area contributed by atoms with Crippen molar-refractivity contribution in [2.75, 3.05) is 5.32 Å². The van der Waals surface area contributed by atoms with Crippen LogP contribution in [0.4, 0.5) is 5.69 Å². The maximum Gasteiger partial charge on any atom is 0.255 e. The van der Waals surface area contributed by atoms with Crippen LogP contribution in [0.5, 0.6) is 0 Å². The molecule has 4 aromatic rings. The maximum absolute atomic E-state index is 12.4. The van der Waals surface area contributed by atoms with Gasteiger partial charge in [0.15, 0.2) is 5.65 Å². The SMILES string of the molecule is O=C(Nc1cccc(-c2ccc3nncn3n2)c1)c1cccc(Br)c1. The second-order valence-electron chi connectivity index (χ2n) is 5.40. The molecule has 6 nitrogen and oxygen atoms in total. The van der Waals surface area contributed by atoms with Crippen LogP contribution in [-0.2, 0) is 0 Å². The van der Waals surface area contributed by atoms with E-state index in [-0.39, 0.29) is 5.91 Å². The molecule has 0 fully saturated rings. The number of aromatic nitrogens is 4. The normalized spacial score (nSPS) is 10.8. The molecule has 0 saturated carbocycles. The van der Waals surface area contributed by atoms with Crippen LogP contribution in [0.15, 0.2) is 71.5 Å². The van der Waals surface area contributed by atoms with Gasteiger partial charge < -0.3 is 5.32 Å². The Morgan fingerprint density at radius 2 is 1.92 bits per heavy atom. The molecule has 7 heteroatoms. The minimum absolute atomic E-state index is 0.166. The Morgan fingerprint density at radius 1 is 1.04 bits per heavy atom. The lowest BCUT2D eigenvalue weighted by Gasteiger charge is -2.08. The van der Waals surface area contributed by atoms with E-state index in [1.54, 1.807) is 23.0 Å². The first-order valence-corrected chi connectivity index (χ1v) is 8.33. The Balaban J connectivity index is 1.61. The molecule has 4 rings (SSSR count). The third kappa shape index (κ3) is 3.27. The number of carbonyl (C=O) groups excluding carboxylic acids is 1. The Morgan fingerprint density at radius 3 is 2.80 bits per heavy atom. The van der Waals surface area contributed by atoms with Gasteiger partial charge in [-0.1, -0.05) is 34.1 Å². The van der Waals surface area contributed by atoms with Gasteiger partial charge in [-0.3, -0.25) is 4.79 Å². The minimum Gasteiger partial charge on any atom is -0.322 e. The predicted octanol–water partition coefficient (Wildman–Crippen LogP) is 3.81. The molecule has 2 aromatic carbocycles. The Bertz CT molecular complexity index is 1080. The molecule has 2 heterocycles. The summed E-state index contributed by atoms with van der Waals surface area (Å²) in [6.45, 7) is 0. The molecular weight excluding hydrogens is 382 g/mol. The van der Waals surface area contributed by atoms with Crippen molar-refractivity contribution in [3.63, 3.8) is 0 Å². The minimum atomic E-state index is -0.166. The van der Waals surface area contributed by atoms with Crippen molar-refractivity contribution in [1.29, 1.82) is 0 Å². The largest absolute Gasteiger partial charge is 0.322 e. The molecule has 1 amide bonds. The number of amides is 1. The monoisotopic (exact) mass is 393 g/mol. The summed E-state index contributed by atoms with van der Waals surface area (Å²) in [5, 5.41) is 15.1. The van der Waals surface area contributed by atoms with Crippen molar-refractivity contribution in [2.24, 2.45) is 0 Å². The number of fused-ring (bicyclic) bond motifs is 1. The molecule has 1 N–H and O–H groups in total. The summed E-state index contributed by atoms with van der Waals surface area (Å²) in [5.41, 5.74) is 3.63. The molecule has 2 aromatic heterocycles. The van der Waals surface area contributed by atoms with Crippen molar-refractivity contribution in [3.05, 3.63) is 77.0 Å². The summed E-state index contributed by atoms with van der Waals surface area (Å²) in [7, 11) is 0. The molecule has 0 unspecified atom stereocenters. The highest BCUT2D eigenvalue weighted by atomic mass is 79.9. The number of anilines is 1. The number of nitrogens with zero attached hydrogens (tertiary/aromatic N) is 4. The van der Waals surface area contributed by atoms with Crippen molar-refractivity contribution >= 4 is 33.2 Å². The number of carbonyl (C=O) groups is 1. The predicted molar refractivity (Wildman–Crippen MR) is 98.3 cm³/mol. The highest BCUT2D eigenvalue weighted by Crippen LogP contribution is 2.22. The average Bonchev–Trinajstić information content (AvgIpc) is 3.09. The highest BCUT2D eigenvalue weighted by Gasteiger charge is 2.08. The maximum atomic E-state index is 12.4. The van der Waals surface area contributed by atoms with E-state index in [1.807, 2.05) is 48.5 Å². The van der Waals surface area contributed by atoms with Gasteiger partial charge in [-0.15, -0.1) is 10.2 Å². The fourth-order valence-corrected chi connectivity index (χ4v) is 2.87. The first-order chi connectivity index (χ1) is 12.2. The van der Waals surface area contributed by atoms with E-state index in [9.17, 15) is 4.79 Å². The quantitative estimate of drug-likeness (QED) is 0.574. The summed E-state index contributed by atoms with van der Waals surface area (Å²) in [6, 6.07) is 18.5. The Hall–Kier alpha value is -3.06. The molecule has 0 bridgehead atoms. The van der Waals surface area contributed by atoms with E-state index in [0.29, 0.717) is 16.9 Å². The van der Waals surface area contributed by atoms with E-state index in [0.717, 1.165) is 15.7 Å². The summed E-state index contributed by atoms with van der Waals surface area (Å²) in [4.78, 5) is 12.4. The number of hydrogen-bond acceptors (Lipinski definition) is 4. The zero-order valence-electron chi connectivity index (χ0n) is 12.9. The fourth-order valence-electron chi connectivity index (χ4n) is 2.47. The standard InChI is InChI=1S/C18H12BrN5O/c19-14-5-1-4-13(9-14)18(25)21-15-6-2-3-12(10-15)16-7-8-17-22-20-11-24(17)23-16/h1-11H,(H,21,25). The van der Waals surface area contributed by atoms with E-state index in [4.69, 9.17) is 0 Å². The highest BCUT2D eigenvalue weighted by molar-refractivity contribution is 9.10. The topological polar surface area (TPSA) is 72.2 Å². The molecule has 0 saturated heterocycles. The molecule has 0 spiro atoms.